The van der Waals surface area contributed by atoms with E-state index < -0.39 is 6.17 Å². The smallest absolute Gasteiger partial charge is 0.256 e. The van der Waals surface area contributed by atoms with Crippen LogP contribution in [-0.2, 0) is 13.0 Å². The zero-order chi connectivity index (χ0) is 20.2. The molecule has 0 saturated heterocycles. The molecule has 0 aliphatic carbocycles. The highest BCUT2D eigenvalue weighted by molar-refractivity contribution is 9.13. The number of halogens is 2. The first-order valence-corrected chi connectivity index (χ1v) is 11.4. The van der Waals surface area contributed by atoms with Gasteiger partial charge in [0.2, 0.25) is 0 Å². The van der Waals surface area contributed by atoms with Crippen LogP contribution in [0.5, 0.6) is 11.5 Å². The van der Waals surface area contributed by atoms with E-state index in [1.165, 1.54) is 12.0 Å². The lowest BCUT2D eigenvalue weighted by Gasteiger charge is -2.31. The summed E-state index contributed by atoms with van der Waals surface area (Å²) in [5.41, 5.74) is 2.42. The Balaban J connectivity index is 1.73. The van der Waals surface area contributed by atoms with E-state index in [4.69, 9.17) is 4.74 Å². The number of nitrogens with one attached hydrogen (secondary N) is 2. The van der Waals surface area contributed by atoms with Crippen LogP contribution < -0.4 is 15.4 Å². The molecule has 6 nitrogen and oxygen atoms in total. The summed E-state index contributed by atoms with van der Waals surface area (Å²) >= 11 is 8.62. The highest BCUT2D eigenvalue weighted by atomic mass is 79.9. The highest BCUT2D eigenvalue weighted by Crippen LogP contribution is 2.47. The molecule has 4 rings (SSSR count). The fraction of sp³-hybridized carbons (Fsp3) is 0.421. The van der Waals surface area contributed by atoms with Crippen molar-refractivity contribution in [1.29, 1.82) is 0 Å². The van der Waals surface area contributed by atoms with Crippen molar-refractivity contribution in [2.75, 3.05) is 19.0 Å². The Hall–Kier alpha value is -1.29. The predicted molar refractivity (Wildman–Crippen MR) is 117 cm³/mol. The number of phenolic OH excluding ortho intramolecular Hbond substituents is 1. The van der Waals surface area contributed by atoms with E-state index in [0.717, 1.165) is 40.1 Å². The van der Waals surface area contributed by atoms with Crippen molar-refractivity contribution in [3.8, 4) is 11.5 Å². The molecular formula is C19H21Br2N3O3S. The van der Waals surface area contributed by atoms with E-state index in [1.807, 2.05) is 0 Å². The number of ether oxygens (including phenoxy) is 1. The van der Waals surface area contributed by atoms with Gasteiger partial charge >= 0.3 is 0 Å². The Kier molecular flexibility index (Phi) is 5.37. The van der Waals surface area contributed by atoms with Gasteiger partial charge in [0.1, 0.15) is 11.2 Å². The number of aromatic hydroxyl groups is 1. The molecule has 1 aromatic carbocycles. The third-order valence-corrected chi connectivity index (χ3v) is 8.46. The second-order valence-electron chi connectivity index (χ2n) is 7.21. The first-order valence-electron chi connectivity index (χ1n) is 9.02. The highest BCUT2D eigenvalue weighted by Gasteiger charge is 2.36. The molecule has 1 amide bonds. The second-order valence-corrected chi connectivity index (χ2v) is 9.96. The molecule has 0 spiro atoms. The predicted octanol–water partition coefficient (Wildman–Crippen LogP) is 4.61. The molecule has 0 radical (unpaired) electrons. The zero-order valence-electron chi connectivity index (χ0n) is 15.7. The number of rotatable bonds is 3. The Morgan fingerprint density at radius 1 is 1.36 bits per heavy atom. The Morgan fingerprint density at radius 3 is 2.79 bits per heavy atom. The lowest BCUT2D eigenvalue weighted by Crippen LogP contribution is -2.39. The minimum absolute atomic E-state index is 0.00822. The van der Waals surface area contributed by atoms with E-state index in [1.54, 1.807) is 17.4 Å². The van der Waals surface area contributed by atoms with Crippen LogP contribution in [0.25, 0.3) is 0 Å². The first-order chi connectivity index (χ1) is 13.3. The average Bonchev–Trinajstić information content (AvgIpc) is 3.02. The largest absolute Gasteiger partial charge is 0.504 e. The molecule has 0 unspecified atom stereocenters. The fourth-order valence-electron chi connectivity index (χ4n) is 3.75. The van der Waals surface area contributed by atoms with Gasteiger partial charge < -0.3 is 20.5 Å². The summed E-state index contributed by atoms with van der Waals surface area (Å²) in [5.74, 6) is 0.218. The van der Waals surface area contributed by atoms with Crippen molar-refractivity contribution in [2.24, 2.45) is 0 Å². The fourth-order valence-corrected chi connectivity index (χ4v) is 6.00. The molecule has 3 N–H and O–H groups in total. The van der Waals surface area contributed by atoms with E-state index in [0.29, 0.717) is 21.8 Å². The maximum Gasteiger partial charge on any atom is 0.256 e. The number of benzene rings is 1. The van der Waals surface area contributed by atoms with Crippen LogP contribution in [0.4, 0.5) is 5.00 Å². The second kappa shape index (κ2) is 7.51. The average molecular weight is 531 g/mol. The van der Waals surface area contributed by atoms with Gasteiger partial charge in [0, 0.05) is 33.0 Å². The number of methoxy groups -OCH3 is 1. The molecule has 1 aromatic heterocycles. The summed E-state index contributed by atoms with van der Waals surface area (Å²) in [6.07, 6.45) is 0.306. The van der Waals surface area contributed by atoms with Crippen LogP contribution in [0.2, 0.25) is 0 Å². The molecule has 0 fully saturated rings. The van der Waals surface area contributed by atoms with Crippen molar-refractivity contribution < 1.29 is 14.6 Å². The van der Waals surface area contributed by atoms with E-state index in [-0.39, 0.29) is 11.7 Å². The molecule has 28 heavy (non-hydrogen) atoms. The number of thiophene rings is 1. The summed E-state index contributed by atoms with van der Waals surface area (Å²) in [7, 11) is 1.50. The number of phenols is 1. The van der Waals surface area contributed by atoms with Gasteiger partial charge in [0.05, 0.1) is 18.2 Å². The number of carbonyl (C=O) groups is 1. The SMILES string of the molecule is COc1cc(Br)c(Br)c([C@H]2NC(=O)c3c(sc4c3CCN(C(C)C)C4)N2)c1O. The van der Waals surface area contributed by atoms with Crippen molar-refractivity contribution >= 4 is 54.1 Å². The standard InChI is InChI=1S/C19H21Br2N3O3S/c1-8(2)24-5-4-9-12(7-24)28-19-13(9)18(26)22-17(23-19)14-15(21)10(20)6-11(27-3)16(14)25/h6,8,17,23,25H,4-5,7H2,1-3H3,(H,22,26)/t17-/m0/s1. The minimum Gasteiger partial charge on any atom is -0.504 e. The van der Waals surface area contributed by atoms with Gasteiger partial charge in [-0.25, -0.2) is 0 Å². The van der Waals surface area contributed by atoms with E-state index in [2.05, 4.69) is 61.2 Å². The molecule has 3 heterocycles. The van der Waals surface area contributed by atoms with Crippen LogP contribution in [0.1, 0.15) is 46.4 Å². The van der Waals surface area contributed by atoms with Crippen LogP contribution in [-0.4, -0.2) is 35.6 Å². The topological polar surface area (TPSA) is 73.8 Å². The third kappa shape index (κ3) is 3.22. The number of amides is 1. The summed E-state index contributed by atoms with van der Waals surface area (Å²) < 4.78 is 6.66. The Morgan fingerprint density at radius 2 is 2.11 bits per heavy atom. The molecular weight excluding hydrogens is 510 g/mol. The lowest BCUT2D eigenvalue weighted by atomic mass is 9.99. The molecule has 2 aromatic rings. The number of hydrogen-bond donors (Lipinski definition) is 3. The van der Waals surface area contributed by atoms with Gasteiger partial charge in [-0.1, -0.05) is 0 Å². The van der Waals surface area contributed by atoms with Crippen molar-refractivity contribution in [3.05, 3.63) is 36.6 Å². The monoisotopic (exact) mass is 529 g/mol. The summed E-state index contributed by atoms with van der Waals surface area (Å²) in [6.45, 7) is 6.21. The third-order valence-electron chi connectivity index (χ3n) is 5.30. The molecule has 0 saturated carbocycles. The van der Waals surface area contributed by atoms with Gasteiger partial charge in [-0.3, -0.25) is 9.69 Å². The van der Waals surface area contributed by atoms with Gasteiger partial charge in [-0.15, -0.1) is 11.3 Å². The molecule has 9 heteroatoms. The number of anilines is 1. The minimum atomic E-state index is -0.568. The summed E-state index contributed by atoms with van der Waals surface area (Å²) in [5, 5.41) is 17.9. The van der Waals surface area contributed by atoms with Crippen molar-refractivity contribution in [2.45, 2.75) is 39.0 Å². The number of fused-ring (bicyclic) bond motifs is 3. The molecule has 2 aliphatic rings. The van der Waals surface area contributed by atoms with Crippen molar-refractivity contribution in [3.63, 3.8) is 0 Å². The van der Waals surface area contributed by atoms with Gasteiger partial charge in [0.25, 0.3) is 5.91 Å². The maximum absolute atomic E-state index is 13.0. The van der Waals surface area contributed by atoms with Gasteiger partial charge in [-0.05, 0) is 63.8 Å². The quantitative estimate of drug-likeness (QED) is 0.540. The summed E-state index contributed by atoms with van der Waals surface area (Å²) in [6, 6.07) is 2.16. The Labute approximate surface area is 184 Å². The van der Waals surface area contributed by atoms with Crippen LogP contribution in [0.3, 0.4) is 0 Å². The van der Waals surface area contributed by atoms with Gasteiger partial charge in [-0.2, -0.15) is 0 Å². The number of carbonyl (C=O) groups excluding carboxylic acids is 1. The lowest BCUT2D eigenvalue weighted by molar-refractivity contribution is 0.0934. The molecule has 2 aliphatic heterocycles. The molecule has 1 atom stereocenters. The Bertz CT molecular complexity index is 961. The normalized spacial score (nSPS) is 19.1. The van der Waals surface area contributed by atoms with Crippen LogP contribution in [0, 0.1) is 0 Å². The first kappa shape index (κ1) is 20.0. The zero-order valence-corrected chi connectivity index (χ0v) is 19.7. The van der Waals surface area contributed by atoms with Crippen molar-refractivity contribution in [1.82, 2.24) is 10.2 Å². The summed E-state index contributed by atoms with van der Waals surface area (Å²) in [4.78, 5) is 16.6. The molecule has 0 bridgehead atoms. The van der Waals surface area contributed by atoms with E-state index >= 15 is 0 Å². The number of nitrogens with zero attached hydrogens (tertiary/aromatic N) is 1. The van der Waals surface area contributed by atoms with Crippen LogP contribution in [0.15, 0.2) is 15.0 Å². The van der Waals surface area contributed by atoms with E-state index in [9.17, 15) is 9.90 Å². The maximum atomic E-state index is 13.0. The van der Waals surface area contributed by atoms with Gasteiger partial charge in [0.15, 0.2) is 11.5 Å². The van der Waals surface area contributed by atoms with Crippen LogP contribution >= 0.6 is 43.2 Å². The molecule has 150 valence electrons. The number of hydrogen-bond acceptors (Lipinski definition) is 6.